The fourth-order valence-electron chi connectivity index (χ4n) is 5.47. The van der Waals surface area contributed by atoms with Crippen molar-refractivity contribution in [1.29, 1.82) is 0 Å². The van der Waals surface area contributed by atoms with Crippen LogP contribution in [0.2, 0.25) is 0 Å². The number of hydrogen-bond donors (Lipinski definition) is 1. The molecule has 10 heteroatoms. The van der Waals surface area contributed by atoms with Crippen LogP contribution in [-0.4, -0.2) is 40.0 Å². The number of halogens is 2. The molecule has 8 nitrogen and oxygen atoms in total. The lowest BCUT2D eigenvalue weighted by atomic mass is 9.97. The van der Waals surface area contributed by atoms with Gasteiger partial charge in [0.2, 0.25) is 0 Å². The zero-order valence-corrected chi connectivity index (χ0v) is 23.9. The van der Waals surface area contributed by atoms with Gasteiger partial charge in [-0.1, -0.05) is 37.3 Å². The second kappa shape index (κ2) is 11.4. The summed E-state index contributed by atoms with van der Waals surface area (Å²) in [5.74, 6) is -2.17. The molecule has 1 aliphatic carbocycles. The van der Waals surface area contributed by atoms with Crippen LogP contribution in [0, 0.1) is 0 Å². The maximum Gasteiger partial charge on any atom is 0.310 e. The molecule has 6 rings (SSSR count). The number of imidazole rings is 1. The molecule has 2 aliphatic rings. The third-order valence-electron chi connectivity index (χ3n) is 7.77. The number of amides is 1. The Morgan fingerprint density at radius 2 is 1.95 bits per heavy atom. The van der Waals surface area contributed by atoms with Gasteiger partial charge in [0.05, 0.1) is 35.4 Å². The predicted molar refractivity (Wildman–Crippen MR) is 160 cm³/mol. The van der Waals surface area contributed by atoms with Crippen LogP contribution in [0.25, 0.3) is 11.0 Å². The Morgan fingerprint density at radius 3 is 2.67 bits per heavy atom. The van der Waals surface area contributed by atoms with Gasteiger partial charge in [0.15, 0.2) is 5.82 Å². The number of esters is 1. The number of allylic oxidation sites excluding steroid dienone is 3. The van der Waals surface area contributed by atoms with Crippen LogP contribution in [0.1, 0.15) is 49.6 Å². The summed E-state index contributed by atoms with van der Waals surface area (Å²) in [6.45, 7) is 3.68. The lowest BCUT2D eigenvalue weighted by Gasteiger charge is -2.37. The Hall–Kier alpha value is -4.86. The molecule has 1 atom stereocenters. The number of nitrogens with one attached hydrogen (secondary N) is 1. The highest BCUT2D eigenvalue weighted by Crippen LogP contribution is 2.40. The van der Waals surface area contributed by atoms with Gasteiger partial charge in [0.25, 0.3) is 11.8 Å². The minimum Gasteiger partial charge on any atom is -0.466 e. The number of hydrogen-bond acceptors (Lipinski definition) is 6. The van der Waals surface area contributed by atoms with Gasteiger partial charge in [-0.3, -0.25) is 14.5 Å². The summed E-state index contributed by atoms with van der Waals surface area (Å²) in [5, 5.41) is 0. The fourth-order valence-corrected chi connectivity index (χ4v) is 5.47. The minimum atomic E-state index is -2.89. The Morgan fingerprint density at radius 1 is 1.14 bits per heavy atom. The van der Waals surface area contributed by atoms with Gasteiger partial charge >= 0.3 is 5.97 Å². The number of alkyl halides is 2. The van der Waals surface area contributed by atoms with Crippen LogP contribution in [0.4, 0.5) is 26.0 Å². The molecule has 1 N–H and O–H groups in total. The molecule has 2 aromatic carbocycles. The van der Waals surface area contributed by atoms with Crippen LogP contribution >= 0.6 is 0 Å². The topological polar surface area (TPSA) is 91.4 Å². The lowest BCUT2D eigenvalue weighted by molar-refractivity contribution is -0.142. The Bertz CT molecular complexity index is 1750. The number of carbonyl (C=O) groups is 2. The van der Waals surface area contributed by atoms with Crippen LogP contribution in [-0.2, 0) is 26.7 Å². The zero-order valence-electron chi connectivity index (χ0n) is 23.9. The molecule has 4 aromatic rings. The van der Waals surface area contributed by atoms with Crippen molar-refractivity contribution < 1.29 is 23.1 Å². The van der Waals surface area contributed by atoms with Crippen molar-refractivity contribution in [3.8, 4) is 0 Å². The quantitative estimate of drug-likeness (QED) is 0.233. The summed E-state index contributed by atoms with van der Waals surface area (Å²) in [6.07, 6.45) is 8.20. The number of aromatic amines is 1. The highest BCUT2D eigenvalue weighted by atomic mass is 19.3. The van der Waals surface area contributed by atoms with Crippen molar-refractivity contribution in [2.75, 3.05) is 23.0 Å². The second-order valence-corrected chi connectivity index (χ2v) is 10.6. The van der Waals surface area contributed by atoms with Crippen molar-refractivity contribution in [2.24, 2.45) is 0 Å². The van der Waals surface area contributed by atoms with E-state index < -0.39 is 5.92 Å². The molecular weight excluding hydrogens is 552 g/mol. The van der Waals surface area contributed by atoms with Gasteiger partial charge in [0, 0.05) is 29.8 Å². The Labute approximate surface area is 247 Å². The largest absolute Gasteiger partial charge is 0.466 e. The number of rotatable bonds is 8. The molecule has 3 heterocycles. The van der Waals surface area contributed by atoms with Gasteiger partial charge in [-0.2, -0.15) is 0 Å². The van der Waals surface area contributed by atoms with Crippen LogP contribution in [0.15, 0.2) is 84.7 Å². The maximum absolute atomic E-state index is 14.2. The van der Waals surface area contributed by atoms with Crippen molar-refractivity contribution in [3.05, 3.63) is 102 Å². The third kappa shape index (κ3) is 5.52. The molecule has 0 bridgehead atoms. The SMILES string of the molecule is CCOC(=O)Cc1ccc(N2C(=O)CN(C3=CCC(c4nc5ccc(C(F)(F)CC)cc5[nH]4)C=C3)c3cccnc32)cc1. The smallest absolute Gasteiger partial charge is 0.310 e. The summed E-state index contributed by atoms with van der Waals surface area (Å²) in [4.78, 5) is 41.3. The number of ether oxygens (including phenoxy) is 1. The van der Waals surface area contributed by atoms with Crippen LogP contribution < -0.4 is 9.80 Å². The van der Waals surface area contributed by atoms with E-state index in [-0.39, 0.29) is 42.7 Å². The van der Waals surface area contributed by atoms with Gasteiger partial charge in [-0.05, 0) is 61.4 Å². The monoisotopic (exact) mass is 583 g/mol. The van der Waals surface area contributed by atoms with Gasteiger partial charge in [-0.25, -0.2) is 18.7 Å². The molecule has 220 valence electrons. The van der Waals surface area contributed by atoms with Crippen molar-refractivity contribution in [1.82, 2.24) is 15.0 Å². The van der Waals surface area contributed by atoms with Crippen molar-refractivity contribution in [3.63, 3.8) is 0 Å². The van der Waals surface area contributed by atoms with E-state index in [1.165, 1.54) is 19.1 Å². The number of aromatic nitrogens is 3. The standard InChI is InChI=1S/C33H31F2N5O3/c1-3-33(34,35)23-11-16-26-27(19-23)38-31(37-26)22-9-14-24(15-10-22)39-20-29(41)40(32-28(39)6-5-17-36-32)25-12-7-21(8-13-25)18-30(42)43-4-2/h5-9,11-17,19,22H,3-4,10,18,20H2,1-2H3,(H,37,38). The maximum atomic E-state index is 14.2. The number of pyridine rings is 1. The van der Waals surface area contributed by atoms with Crippen molar-refractivity contribution >= 4 is 40.1 Å². The molecule has 0 radical (unpaired) electrons. The molecule has 1 aliphatic heterocycles. The highest BCUT2D eigenvalue weighted by Gasteiger charge is 2.33. The average Bonchev–Trinajstić information content (AvgIpc) is 3.45. The number of fused-ring (bicyclic) bond motifs is 2. The first-order valence-corrected chi connectivity index (χ1v) is 14.3. The number of anilines is 3. The summed E-state index contributed by atoms with van der Waals surface area (Å²) >= 11 is 0. The summed E-state index contributed by atoms with van der Waals surface area (Å²) in [5.41, 5.74) is 4.32. The zero-order chi connectivity index (χ0) is 30.1. The molecule has 1 amide bonds. The van der Waals surface area contributed by atoms with E-state index in [4.69, 9.17) is 4.74 Å². The van der Waals surface area contributed by atoms with E-state index in [1.54, 1.807) is 24.1 Å². The summed E-state index contributed by atoms with van der Waals surface area (Å²) in [6, 6.07) is 15.6. The number of benzene rings is 2. The first-order valence-electron chi connectivity index (χ1n) is 14.3. The number of nitrogens with zero attached hydrogens (tertiary/aromatic N) is 4. The number of carbonyl (C=O) groups excluding carboxylic acids is 2. The van der Waals surface area contributed by atoms with E-state index in [9.17, 15) is 18.4 Å². The van der Waals surface area contributed by atoms with E-state index in [0.29, 0.717) is 41.4 Å². The number of H-pyrrole nitrogens is 1. The Kier molecular flexibility index (Phi) is 7.52. The predicted octanol–water partition coefficient (Wildman–Crippen LogP) is 6.68. The van der Waals surface area contributed by atoms with E-state index in [1.807, 2.05) is 53.5 Å². The second-order valence-electron chi connectivity index (χ2n) is 10.6. The molecule has 2 aromatic heterocycles. The summed E-state index contributed by atoms with van der Waals surface area (Å²) < 4.78 is 33.5. The summed E-state index contributed by atoms with van der Waals surface area (Å²) in [7, 11) is 0. The highest BCUT2D eigenvalue weighted by molar-refractivity contribution is 6.08. The third-order valence-corrected chi connectivity index (χ3v) is 7.77. The molecular formula is C33H31F2N5O3. The first-order chi connectivity index (χ1) is 20.8. The van der Waals surface area contributed by atoms with E-state index in [0.717, 1.165) is 16.9 Å². The van der Waals surface area contributed by atoms with Crippen LogP contribution in [0.3, 0.4) is 0 Å². The normalized spacial score (nSPS) is 16.8. The fraction of sp³-hybridized carbons (Fsp3) is 0.273. The van der Waals surface area contributed by atoms with E-state index >= 15 is 0 Å². The van der Waals surface area contributed by atoms with Crippen LogP contribution in [0.5, 0.6) is 0 Å². The van der Waals surface area contributed by atoms with Gasteiger partial charge in [0.1, 0.15) is 12.4 Å². The molecule has 0 fully saturated rings. The van der Waals surface area contributed by atoms with Gasteiger partial charge < -0.3 is 14.6 Å². The first kappa shape index (κ1) is 28.3. The van der Waals surface area contributed by atoms with Gasteiger partial charge in [-0.15, -0.1) is 0 Å². The molecule has 1 unspecified atom stereocenters. The average molecular weight is 584 g/mol. The lowest BCUT2D eigenvalue weighted by Crippen LogP contribution is -2.43. The molecule has 43 heavy (non-hydrogen) atoms. The molecule has 0 spiro atoms. The molecule has 0 saturated carbocycles. The van der Waals surface area contributed by atoms with Crippen molar-refractivity contribution in [2.45, 2.75) is 45.0 Å². The molecule has 0 saturated heterocycles. The van der Waals surface area contributed by atoms with E-state index in [2.05, 4.69) is 21.0 Å². The minimum absolute atomic E-state index is 0.0252. The Balaban J connectivity index is 1.21.